The highest BCUT2D eigenvalue weighted by Crippen LogP contribution is 2.30. The number of thiazole rings is 1. The summed E-state index contributed by atoms with van der Waals surface area (Å²) < 4.78 is 21.8. The predicted molar refractivity (Wildman–Crippen MR) is 132 cm³/mol. The van der Waals surface area contributed by atoms with Gasteiger partial charge < -0.3 is 15.8 Å². The molecule has 0 aliphatic carbocycles. The third-order valence-electron chi connectivity index (χ3n) is 4.82. The van der Waals surface area contributed by atoms with E-state index in [1.54, 1.807) is 10.7 Å². The van der Waals surface area contributed by atoms with E-state index in [0.717, 1.165) is 28.8 Å². The fourth-order valence-electron chi connectivity index (χ4n) is 3.07. The summed E-state index contributed by atoms with van der Waals surface area (Å²) in [6, 6.07) is 14.5. The van der Waals surface area contributed by atoms with Crippen LogP contribution in [-0.2, 0) is 5.41 Å². The molecular formula is C24H23FN6O3S. The van der Waals surface area contributed by atoms with E-state index in [0.29, 0.717) is 5.82 Å². The molecule has 9 nitrogen and oxygen atoms in total. The first-order chi connectivity index (χ1) is 16.6. The second-order valence-electron chi connectivity index (χ2n) is 8.58. The number of carbonyl (C=O) groups is 2. The van der Waals surface area contributed by atoms with Crippen LogP contribution in [0.3, 0.4) is 0 Å². The van der Waals surface area contributed by atoms with Crippen molar-refractivity contribution in [3.05, 3.63) is 77.3 Å². The molecule has 35 heavy (non-hydrogen) atoms. The minimum Gasteiger partial charge on any atom is -0.445 e. The molecule has 0 unspecified atom stereocenters. The first-order valence-electron chi connectivity index (χ1n) is 10.6. The number of nitrogens with one attached hydrogen (secondary N) is 2. The average Bonchev–Trinajstić information content (AvgIpc) is 3.44. The van der Waals surface area contributed by atoms with Gasteiger partial charge in [-0.25, -0.2) is 18.9 Å². The van der Waals surface area contributed by atoms with Crippen LogP contribution in [-0.4, -0.2) is 26.7 Å². The Balaban J connectivity index is 1.49. The van der Waals surface area contributed by atoms with Crippen molar-refractivity contribution in [3.63, 3.8) is 0 Å². The molecule has 0 saturated heterocycles. The van der Waals surface area contributed by atoms with E-state index in [4.69, 9.17) is 10.5 Å². The van der Waals surface area contributed by atoms with Gasteiger partial charge in [-0.1, -0.05) is 50.3 Å². The van der Waals surface area contributed by atoms with E-state index < -0.39 is 17.8 Å². The Bertz CT molecular complexity index is 1380. The molecule has 0 aliphatic heterocycles. The lowest BCUT2D eigenvalue weighted by atomic mass is 9.92. The number of hydrogen-bond acceptors (Lipinski definition) is 6. The van der Waals surface area contributed by atoms with Crippen LogP contribution in [0.15, 0.2) is 60.8 Å². The normalized spacial score (nSPS) is 11.2. The molecule has 0 bridgehead atoms. The van der Waals surface area contributed by atoms with Gasteiger partial charge in [0.2, 0.25) is 5.06 Å². The van der Waals surface area contributed by atoms with Gasteiger partial charge in [0.25, 0.3) is 5.91 Å². The van der Waals surface area contributed by atoms with E-state index >= 15 is 0 Å². The molecule has 11 heteroatoms. The van der Waals surface area contributed by atoms with Crippen molar-refractivity contribution in [2.24, 2.45) is 5.73 Å². The number of anilines is 2. The largest absolute Gasteiger partial charge is 0.445 e. The van der Waals surface area contributed by atoms with E-state index in [1.165, 1.54) is 18.3 Å². The van der Waals surface area contributed by atoms with Crippen molar-refractivity contribution < 1.29 is 18.7 Å². The molecule has 4 N–H and O–H groups in total. The molecule has 2 heterocycles. The van der Waals surface area contributed by atoms with E-state index in [1.807, 2.05) is 51.1 Å². The third-order valence-corrected chi connectivity index (χ3v) is 5.71. The first kappa shape index (κ1) is 23.9. The predicted octanol–water partition coefficient (Wildman–Crippen LogP) is 5.30. The zero-order valence-corrected chi connectivity index (χ0v) is 20.0. The topological polar surface area (TPSA) is 124 Å². The molecule has 2 aromatic heterocycles. The second kappa shape index (κ2) is 9.55. The van der Waals surface area contributed by atoms with Crippen molar-refractivity contribution in [3.8, 4) is 16.5 Å². The lowest BCUT2D eigenvalue weighted by Crippen LogP contribution is -2.21. The molecule has 0 atom stereocenters. The molecule has 180 valence electrons. The number of hydrogen-bond donors (Lipinski definition) is 3. The van der Waals surface area contributed by atoms with Crippen LogP contribution in [0.2, 0.25) is 0 Å². The van der Waals surface area contributed by atoms with Crippen LogP contribution < -0.4 is 21.1 Å². The quantitative estimate of drug-likeness (QED) is 0.335. The van der Waals surface area contributed by atoms with Gasteiger partial charge in [0.15, 0.2) is 5.01 Å². The van der Waals surface area contributed by atoms with Gasteiger partial charge in [-0.2, -0.15) is 5.10 Å². The van der Waals surface area contributed by atoms with Gasteiger partial charge in [0.1, 0.15) is 17.4 Å². The lowest BCUT2D eigenvalue weighted by molar-refractivity contribution is 0.1000. The maximum atomic E-state index is 14.7. The second-order valence-corrected chi connectivity index (χ2v) is 9.58. The molecule has 4 rings (SSSR count). The van der Waals surface area contributed by atoms with Gasteiger partial charge in [0, 0.05) is 17.5 Å². The Labute approximate surface area is 204 Å². The van der Waals surface area contributed by atoms with Crippen LogP contribution in [0, 0.1) is 5.82 Å². The highest BCUT2D eigenvalue weighted by atomic mass is 32.1. The number of benzene rings is 2. The summed E-state index contributed by atoms with van der Waals surface area (Å²) in [7, 11) is 0. The molecule has 0 saturated carbocycles. The Morgan fingerprint density at radius 2 is 1.83 bits per heavy atom. The van der Waals surface area contributed by atoms with E-state index in [-0.39, 0.29) is 26.9 Å². The summed E-state index contributed by atoms with van der Waals surface area (Å²) in [4.78, 5) is 27.7. The number of rotatable bonds is 6. The van der Waals surface area contributed by atoms with Crippen LogP contribution >= 0.6 is 11.3 Å². The molecule has 0 fully saturated rings. The van der Waals surface area contributed by atoms with Crippen LogP contribution in [0.25, 0.3) is 5.69 Å². The number of nitrogens with two attached hydrogens (primary N) is 1. The van der Waals surface area contributed by atoms with Crippen LogP contribution in [0.1, 0.15) is 36.3 Å². The highest BCUT2D eigenvalue weighted by molar-refractivity contribution is 7.15. The summed E-state index contributed by atoms with van der Waals surface area (Å²) in [6.45, 7) is 6.07. The Morgan fingerprint density at radius 1 is 1.09 bits per heavy atom. The summed E-state index contributed by atoms with van der Waals surface area (Å²) in [5.74, 6) is -0.770. The van der Waals surface area contributed by atoms with Crippen molar-refractivity contribution >= 4 is 34.8 Å². The minimum atomic E-state index is -0.704. The first-order valence-corrected chi connectivity index (χ1v) is 11.4. The van der Waals surface area contributed by atoms with Crippen molar-refractivity contribution in [2.75, 3.05) is 10.6 Å². The Hall–Kier alpha value is -4.25. The van der Waals surface area contributed by atoms with Crippen LogP contribution in [0.4, 0.5) is 20.7 Å². The van der Waals surface area contributed by atoms with Gasteiger partial charge in [0.05, 0.1) is 23.3 Å². The molecule has 0 radical (unpaired) electrons. The zero-order chi connectivity index (χ0) is 25.2. The molecule has 0 aliphatic rings. The SMILES string of the molecule is CC(C)(C)c1cc(NC(=O)Nc2ccc(Oc3cnc(C(N)=O)s3)cc2F)n(-c2ccccc2)n1. The zero-order valence-electron chi connectivity index (χ0n) is 19.2. The summed E-state index contributed by atoms with van der Waals surface area (Å²) in [5.41, 5.74) is 6.44. The molecule has 0 spiro atoms. The number of halogens is 1. The van der Waals surface area contributed by atoms with Crippen molar-refractivity contribution in [1.29, 1.82) is 0 Å². The standard InChI is InChI=1S/C24H23FN6O3S/c1-24(2,3)18-12-19(31(30-18)14-7-5-4-6-8-14)29-23(33)28-17-10-9-15(11-16(17)25)34-20-13-27-22(35-20)21(26)32/h4-13H,1-3H3,(H2,26,32)(H2,28,29,33). The summed E-state index contributed by atoms with van der Waals surface area (Å²) in [6.07, 6.45) is 1.32. The van der Waals surface area contributed by atoms with Gasteiger partial charge in [-0.15, -0.1) is 0 Å². The molecular weight excluding hydrogens is 471 g/mol. The number of urea groups is 1. The van der Waals surface area contributed by atoms with Gasteiger partial charge in [-0.3, -0.25) is 10.1 Å². The smallest absolute Gasteiger partial charge is 0.324 e. The monoisotopic (exact) mass is 494 g/mol. The molecule has 4 aromatic rings. The number of carbonyl (C=O) groups excluding carboxylic acids is 2. The highest BCUT2D eigenvalue weighted by Gasteiger charge is 2.22. The number of nitrogens with zero attached hydrogens (tertiary/aromatic N) is 3. The van der Waals surface area contributed by atoms with Crippen molar-refractivity contribution in [1.82, 2.24) is 14.8 Å². The van der Waals surface area contributed by atoms with E-state index in [2.05, 4.69) is 20.7 Å². The molecule has 3 amide bonds. The average molecular weight is 495 g/mol. The van der Waals surface area contributed by atoms with E-state index in [9.17, 15) is 14.0 Å². The Morgan fingerprint density at radius 3 is 2.46 bits per heavy atom. The summed E-state index contributed by atoms with van der Waals surface area (Å²) >= 11 is 0.943. The fraction of sp³-hybridized carbons (Fsp3) is 0.167. The summed E-state index contributed by atoms with van der Waals surface area (Å²) in [5, 5.41) is 10.3. The van der Waals surface area contributed by atoms with Gasteiger partial charge >= 0.3 is 6.03 Å². The third kappa shape index (κ3) is 5.64. The van der Waals surface area contributed by atoms with Crippen molar-refractivity contribution in [2.45, 2.75) is 26.2 Å². The fourth-order valence-corrected chi connectivity index (χ4v) is 3.71. The Kier molecular flexibility index (Phi) is 6.52. The number of amides is 3. The molecule has 2 aromatic carbocycles. The van der Waals surface area contributed by atoms with Gasteiger partial charge in [-0.05, 0) is 24.3 Å². The maximum Gasteiger partial charge on any atom is 0.324 e. The maximum absolute atomic E-state index is 14.7. The lowest BCUT2D eigenvalue weighted by Gasteiger charge is -2.14. The number of primary amides is 1. The number of para-hydroxylation sites is 1. The number of aromatic nitrogens is 3. The van der Waals surface area contributed by atoms with Crippen LogP contribution in [0.5, 0.6) is 10.8 Å². The minimum absolute atomic E-state index is 0.0428. The number of ether oxygens (including phenoxy) is 1.